The molecular formula is C37H42Cl2N2O10. The fourth-order valence-electron chi connectivity index (χ4n) is 8.24. The van der Waals surface area contributed by atoms with Gasteiger partial charge in [-0.05, 0) is 65.6 Å². The third-order valence-corrected chi connectivity index (χ3v) is 10.8. The minimum atomic E-state index is -1.39. The van der Waals surface area contributed by atoms with Crippen LogP contribution in [-0.2, 0) is 33.3 Å². The van der Waals surface area contributed by atoms with E-state index in [0.29, 0.717) is 27.8 Å². The number of amides is 1. The zero-order valence-electron chi connectivity index (χ0n) is 29.4. The topological polar surface area (TPSA) is 145 Å². The Labute approximate surface area is 306 Å². The first kappa shape index (κ1) is 36.2. The van der Waals surface area contributed by atoms with Gasteiger partial charge in [0.15, 0.2) is 35.3 Å². The highest BCUT2D eigenvalue weighted by Gasteiger charge is 2.63. The molecular weight excluding hydrogens is 703 g/mol. The summed E-state index contributed by atoms with van der Waals surface area (Å²) in [5.74, 6) is -2.44. The molecule has 0 spiro atoms. The van der Waals surface area contributed by atoms with Gasteiger partial charge in [-0.15, -0.1) is 0 Å². The maximum absolute atomic E-state index is 13.0. The number of hydrogen-bond donors (Lipinski definition) is 3. The van der Waals surface area contributed by atoms with Crippen LogP contribution in [0.1, 0.15) is 81.5 Å². The maximum atomic E-state index is 13.0. The number of benzene rings is 2. The maximum Gasteiger partial charge on any atom is 0.308 e. The average Bonchev–Trinajstić information content (AvgIpc) is 3.64. The molecule has 1 amide bonds. The summed E-state index contributed by atoms with van der Waals surface area (Å²) >= 11 is 14.0. The van der Waals surface area contributed by atoms with Crippen molar-refractivity contribution in [3.05, 3.63) is 74.8 Å². The first-order chi connectivity index (χ1) is 23.9. The summed E-state index contributed by atoms with van der Waals surface area (Å²) in [5, 5.41) is 25.6. The Hall–Kier alpha value is -3.20. The van der Waals surface area contributed by atoms with Crippen molar-refractivity contribution in [3.8, 4) is 11.5 Å². The smallest absolute Gasteiger partial charge is 0.308 e. The molecule has 2 aromatic rings. The van der Waals surface area contributed by atoms with Crippen LogP contribution in [0, 0.1) is 0 Å². The quantitative estimate of drug-likeness (QED) is 0.352. The number of fused-ring (bicyclic) bond motifs is 2. The lowest BCUT2D eigenvalue weighted by molar-refractivity contribution is -0.313. The van der Waals surface area contributed by atoms with Crippen LogP contribution < -0.4 is 10.1 Å². The van der Waals surface area contributed by atoms with E-state index in [4.69, 9.17) is 51.6 Å². The fourth-order valence-corrected chi connectivity index (χ4v) is 8.91. The number of phenols is 1. The van der Waals surface area contributed by atoms with Crippen LogP contribution in [0.3, 0.4) is 0 Å². The number of likely N-dealkylation sites (N-methyl/N-ethyl adjacent to an activating group) is 1. The highest BCUT2D eigenvalue weighted by Crippen LogP contribution is 2.60. The SMILES string of the molecule is CC(=O)N[C@H]1CC(=O)OC[C@H](O)c2ccc3c(c2Cl)C2=CC=C[C@]2(O[C@@H]2OC(C)(C)[C@@H](N(C)C)[C@H]4OC(C)(C)O[C@@H]24)[C@@H]3Oc2c(O)cc1cc2Cl. The van der Waals surface area contributed by atoms with Gasteiger partial charge in [0.25, 0.3) is 0 Å². The number of esters is 1. The van der Waals surface area contributed by atoms with Crippen LogP contribution in [0.2, 0.25) is 10.0 Å². The van der Waals surface area contributed by atoms with Gasteiger partial charge in [0, 0.05) is 29.2 Å². The minimum Gasteiger partial charge on any atom is -0.504 e. The second-order valence-electron chi connectivity index (χ2n) is 14.9. The normalized spacial score (nSPS) is 33.1. The lowest BCUT2D eigenvalue weighted by Crippen LogP contribution is -2.66. The Morgan fingerprint density at radius 2 is 1.76 bits per heavy atom. The molecule has 0 aromatic heterocycles. The highest BCUT2D eigenvalue weighted by molar-refractivity contribution is 6.34. The van der Waals surface area contributed by atoms with E-state index in [1.807, 2.05) is 60.0 Å². The molecule has 0 saturated carbocycles. The minimum absolute atomic E-state index is 0.0215. The van der Waals surface area contributed by atoms with E-state index in [1.165, 1.54) is 19.1 Å². The van der Waals surface area contributed by atoms with Crippen molar-refractivity contribution in [3.63, 3.8) is 0 Å². The van der Waals surface area contributed by atoms with E-state index in [2.05, 4.69) is 10.2 Å². The second-order valence-corrected chi connectivity index (χ2v) is 15.6. The van der Waals surface area contributed by atoms with Gasteiger partial charge in [-0.3, -0.25) is 9.59 Å². The monoisotopic (exact) mass is 744 g/mol. The van der Waals surface area contributed by atoms with Gasteiger partial charge < -0.3 is 48.9 Å². The van der Waals surface area contributed by atoms with Crippen molar-refractivity contribution in [2.45, 2.75) is 101 Å². The molecule has 0 radical (unpaired) electrons. The van der Waals surface area contributed by atoms with E-state index >= 15 is 0 Å². The zero-order chi connectivity index (χ0) is 36.8. The number of ether oxygens (including phenoxy) is 6. The number of rotatable bonds is 4. The van der Waals surface area contributed by atoms with Crippen LogP contribution in [0.25, 0.3) is 5.57 Å². The van der Waals surface area contributed by atoms with Crippen molar-refractivity contribution >= 4 is 40.7 Å². The Morgan fingerprint density at radius 3 is 2.45 bits per heavy atom. The van der Waals surface area contributed by atoms with E-state index in [-0.39, 0.29) is 34.0 Å². The standard InChI is InChI=1S/C37H42Cl2N2O10/c1-17(42)40-23-15-26(45)46-16-25(44)19-10-11-20-27(28(19)39)21-9-8-12-37(21,33(20)47-29-22(38)13-18(23)14-24(29)43)51-34-31-30(48-36(4,5)49-31)32(41(6)7)35(2,3)50-34/h8-14,23,25,30-34,43-44H,15-16H2,1-7H3,(H,40,42)/t23-,25-,30-,31+,32-,33+,34-,37+/m0/s1. The van der Waals surface area contributed by atoms with Gasteiger partial charge in [0.05, 0.1) is 34.2 Å². The predicted octanol–water partition coefficient (Wildman–Crippen LogP) is 5.28. The number of aliphatic hydroxyl groups excluding tert-OH is 1. The zero-order valence-corrected chi connectivity index (χ0v) is 30.9. The average molecular weight is 746 g/mol. The first-order valence-corrected chi connectivity index (χ1v) is 17.6. The van der Waals surface area contributed by atoms with E-state index in [1.54, 1.807) is 12.1 Å². The molecule has 12 nitrogen and oxygen atoms in total. The summed E-state index contributed by atoms with van der Waals surface area (Å²) < 4.78 is 39.0. The van der Waals surface area contributed by atoms with Crippen LogP contribution in [-0.4, -0.2) is 89.2 Å². The number of nitrogens with one attached hydrogen (secondary N) is 1. The number of allylic oxidation sites excluding steroid dienone is 2. The Bertz CT molecular complexity index is 1820. The first-order valence-electron chi connectivity index (χ1n) is 16.8. The van der Waals surface area contributed by atoms with Crippen LogP contribution >= 0.6 is 23.2 Å². The third-order valence-electron chi connectivity index (χ3n) is 10.1. The van der Waals surface area contributed by atoms with Crippen molar-refractivity contribution in [2.75, 3.05) is 20.7 Å². The van der Waals surface area contributed by atoms with Crippen molar-refractivity contribution in [1.82, 2.24) is 10.2 Å². The summed E-state index contributed by atoms with van der Waals surface area (Å²) in [6.45, 7) is 8.57. The number of aromatic hydroxyl groups is 1. The molecule has 2 saturated heterocycles. The molecule has 6 heterocycles. The van der Waals surface area contributed by atoms with Crippen molar-refractivity contribution in [2.24, 2.45) is 0 Å². The van der Waals surface area contributed by atoms with Crippen molar-refractivity contribution in [1.29, 1.82) is 0 Å². The van der Waals surface area contributed by atoms with Gasteiger partial charge in [-0.2, -0.15) is 0 Å². The molecule has 10 rings (SSSR count). The lowest BCUT2D eigenvalue weighted by Gasteiger charge is -2.51. The predicted molar refractivity (Wildman–Crippen MR) is 186 cm³/mol. The van der Waals surface area contributed by atoms with E-state index in [9.17, 15) is 19.8 Å². The Balaban J connectivity index is 1.37. The van der Waals surface area contributed by atoms with E-state index < -0.39 is 72.2 Å². The molecule has 2 aliphatic carbocycles. The number of aliphatic hydroxyl groups is 1. The van der Waals surface area contributed by atoms with Crippen LogP contribution in [0.15, 0.2) is 42.5 Å². The van der Waals surface area contributed by atoms with Gasteiger partial charge in [-0.1, -0.05) is 47.5 Å². The Morgan fingerprint density at radius 1 is 1.06 bits per heavy atom. The largest absolute Gasteiger partial charge is 0.504 e. The molecule has 0 unspecified atom stereocenters. The molecule has 6 aliphatic heterocycles. The lowest BCUT2D eigenvalue weighted by atomic mass is 9.86. The molecule has 2 aromatic carbocycles. The summed E-state index contributed by atoms with van der Waals surface area (Å²) in [5.41, 5.74) is 0.259. The summed E-state index contributed by atoms with van der Waals surface area (Å²) in [6.07, 6.45) is 0.896. The number of carbonyl (C=O) groups excluding carboxylic acids is 2. The van der Waals surface area contributed by atoms with Gasteiger partial charge >= 0.3 is 5.97 Å². The van der Waals surface area contributed by atoms with Gasteiger partial charge in [0.2, 0.25) is 5.91 Å². The number of nitrogens with zero attached hydrogens (tertiary/aromatic N) is 1. The molecule has 274 valence electrons. The van der Waals surface area contributed by atoms with Crippen LogP contribution in [0.5, 0.6) is 11.5 Å². The molecule has 8 atom stereocenters. The van der Waals surface area contributed by atoms with Gasteiger partial charge in [0.1, 0.15) is 24.9 Å². The summed E-state index contributed by atoms with van der Waals surface area (Å²) in [7, 11) is 3.94. The second kappa shape index (κ2) is 12.7. The molecule has 3 N–H and O–H groups in total. The number of halogens is 2. The van der Waals surface area contributed by atoms with Crippen LogP contribution in [0.4, 0.5) is 0 Å². The molecule has 2 fully saturated rings. The Kier molecular flexibility index (Phi) is 9.03. The molecule has 8 aliphatic rings. The highest BCUT2D eigenvalue weighted by atomic mass is 35.5. The molecule has 6 bridgehead atoms. The van der Waals surface area contributed by atoms with E-state index in [0.717, 1.165) is 0 Å². The number of carbonyl (C=O) groups is 2. The summed E-state index contributed by atoms with van der Waals surface area (Å²) in [4.78, 5) is 27.1. The third kappa shape index (κ3) is 6.13. The van der Waals surface area contributed by atoms with Gasteiger partial charge in [-0.25, -0.2) is 0 Å². The fraction of sp³-hybridized carbons (Fsp3) is 0.514. The van der Waals surface area contributed by atoms with Crippen molar-refractivity contribution < 1.29 is 48.2 Å². The molecule has 14 heteroatoms. The number of phenolic OH excluding ortho intramolecular Hbond substituents is 1. The number of hydrogen-bond acceptors (Lipinski definition) is 11. The summed E-state index contributed by atoms with van der Waals surface area (Å²) in [6, 6.07) is 5.20. The molecule has 51 heavy (non-hydrogen) atoms.